The van der Waals surface area contributed by atoms with Crippen molar-refractivity contribution in [3.05, 3.63) is 71.8 Å². The van der Waals surface area contributed by atoms with Crippen LogP contribution in [0.25, 0.3) is 0 Å². The van der Waals surface area contributed by atoms with Crippen LogP contribution in [0.2, 0.25) is 19.1 Å². The minimum absolute atomic E-state index is 0. The van der Waals surface area contributed by atoms with Gasteiger partial charge in [0.15, 0.2) is 8.32 Å². The summed E-state index contributed by atoms with van der Waals surface area (Å²) in [6.45, 7) is 4.68. The maximum absolute atomic E-state index is 6.77. The van der Waals surface area contributed by atoms with Gasteiger partial charge in [-0.15, -0.1) is 0 Å². The lowest BCUT2D eigenvalue weighted by atomic mass is 9.83. The molecule has 0 unspecified atom stereocenters. The van der Waals surface area contributed by atoms with E-state index < -0.39 is 8.32 Å². The van der Waals surface area contributed by atoms with Crippen molar-refractivity contribution in [3.63, 3.8) is 0 Å². The molecule has 2 aromatic carbocycles. The normalized spacial score (nSPS) is 20.5. The van der Waals surface area contributed by atoms with Crippen molar-refractivity contribution in [3.8, 4) is 0 Å². The molecule has 1 heterocycles. The van der Waals surface area contributed by atoms with Crippen molar-refractivity contribution >= 4 is 8.32 Å². The van der Waals surface area contributed by atoms with Gasteiger partial charge in [-0.25, -0.2) is 0 Å². The van der Waals surface area contributed by atoms with E-state index in [9.17, 15) is 0 Å². The molecule has 1 saturated heterocycles. The van der Waals surface area contributed by atoms with Gasteiger partial charge in [0.05, 0.1) is 0 Å². The molecule has 20 heavy (non-hydrogen) atoms. The first-order valence-corrected chi connectivity index (χ1v) is 10.6. The molecule has 0 saturated carbocycles. The lowest BCUT2D eigenvalue weighted by molar-refractivity contribution is 0.0723. The van der Waals surface area contributed by atoms with Crippen LogP contribution in [0.3, 0.4) is 0 Å². The maximum Gasteiger partial charge on any atom is 1.00 e. The molecule has 2 heteroatoms. The third-order valence-electron chi connectivity index (χ3n) is 4.24. The second kappa shape index (κ2) is 5.19. The van der Waals surface area contributed by atoms with Crippen molar-refractivity contribution in [1.29, 1.82) is 0 Å². The SMILES string of the molecule is C[Si]1(C)CCCC(c2ccccc2)(c2ccccc2)O1.[H+]. The monoisotopic (exact) mass is 283 g/mol. The van der Waals surface area contributed by atoms with Crippen LogP contribution in [-0.4, -0.2) is 8.32 Å². The standard InChI is InChI=1S/C18H22OSi/c1-20(2)15-9-14-18(19-20,16-10-5-3-6-11-16)17-12-7-4-8-13-17/h3-8,10-13H,9,14-15H2,1-2H3/p+1. The number of benzene rings is 2. The summed E-state index contributed by atoms with van der Waals surface area (Å²) in [5.74, 6) is 0. The number of rotatable bonds is 2. The minimum atomic E-state index is -1.59. The molecule has 0 aromatic heterocycles. The van der Waals surface area contributed by atoms with Crippen molar-refractivity contribution < 1.29 is 5.85 Å². The van der Waals surface area contributed by atoms with Crippen LogP contribution in [-0.2, 0) is 10.0 Å². The van der Waals surface area contributed by atoms with E-state index in [4.69, 9.17) is 4.43 Å². The fraction of sp³-hybridized carbons (Fsp3) is 0.333. The van der Waals surface area contributed by atoms with E-state index in [1.54, 1.807) is 0 Å². The average Bonchev–Trinajstić information content (AvgIpc) is 2.48. The first-order chi connectivity index (χ1) is 9.62. The van der Waals surface area contributed by atoms with Gasteiger partial charge in [0.2, 0.25) is 0 Å². The van der Waals surface area contributed by atoms with Crippen LogP contribution in [0.4, 0.5) is 0 Å². The molecule has 1 aliphatic heterocycles. The lowest BCUT2D eigenvalue weighted by Crippen LogP contribution is -2.47. The molecule has 2 aromatic rings. The molecule has 0 N–H and O–H groups in total. The maximum atomic E-state index is 6.77. The Morgan fingerprint density at radius 1 is 0.900 bits per heavy atom. The van der Waals surface area contributed by atoms with E-state index >= 15 is 0 Å². The molecule has 0 atom stereocenters. The molecule has 0 bridgehead atoms. The highest BCUT2D eigenvalue weighted by atomic mass is 28.4. The van der Waals surface area contributed by atoms with Gasteiger partial charge in [-0.3, -0.25) is 0 Å². The van der Waals surface area contributed by atoms with Crippen LogP contribution in [0.1, 0.15) is 25.4 Å². The Morgan fingerprint density at radius 3 is 1.85 bits per heavy atom. The highest BCUT2D eigenvalue weighted by Crippen LogP contribution is 2.45. The summed E-state index contributed by atoms with van der Waals surface area (Å²) < 4.78 is 6.77. The van der Waals surface area contributed by atoms with Gasteiger partial charge >= 0.3 is 1.43 Å². The van der Waals surface area contributed by atoms with Crippen molar-refractivity contribution in [2.24, 2.45) is 0 Å². The third kappa shape index (κ3) is 2.46. The fourth-order valence-electron chi connectivity index (χ4n) is 3.32. The fourth-order valence-corrected chi connectivity index (χ4v) is 5.74. The van der Waals surface area contributed by atoms with Gasteiger partial charge in [-0.1, -0.05) is 67.1 Å². The van der Waals surface area contributed by atoms with E-state index in [1.807, 2.05) is 0 Å². The average molecular weight is 283 g/mol. The molecule has 1 aliphatic rings. The predicted molar refractivity (Wildman–Crippen MR) is 87.4 cm³/mol. The van der Waals surface area contributed by atoms with Crippen molar-refractivity contribution in [1.82, 2.24) is 0 Å². The van der Waals surface area contributed by atoms with Crippen molar-refractivity contribution in [2.45, 2.75) is 37.6 Å². The van der Waals surface area contributed by atoms with Gasteiger partial charge in [0, 0.05) is 0 Å². The van der Waals surface area contributed by atoms with Gasteiger partial charge < -0.3 is 4.43 Å². The smallest absolute Gasteiger partial charge is 0.404 e. The molecule has 1 fully saturated rings. The zero-order valence-electron chi connectivity index (χ0n) is 13.3. The zero-order valence-corrected chi connectivity index (χ0v) is 13.3. The number of hydrogen-bond donors (Lipinski definition) is 0. The molecule has 0 amide bonds. The Kier molecular flexibility index (Phi) is 3.53. The number of hydrogen-bond acceptors (Lipinski definition) is 1. The molecular formula is C18H23OSi+. The van der Waals surface area contributed by atoms with Crippen LogP contribution in [0, 0.1) is 0 Å². The Morgan fingerprint density at radius 2 is 1.40 bits per heavy atom. The van der Waals surface area contributed by atoms with E-state index in [0.29, 0.717) is 0 Å². The van der Waals surface area contributed by atoms with Crippen LogP contribution < -0.4 is 0 Å². The topological polar surface area (TPSA) is 9.23 Å². The summed E-state index contributed by atoms with van der Waals surface area (Å²) in [6.07, 6.45) is 2.33. The Bertz CT molecular complexity index is 529. The Labute approximate surface area is 124 Å². The van der Waals surface area contributed by atoms with Gasteiger partial charge in [0.25, 0.3) is 0 Å². The Hall–Kier alpha value is -1.38. The summed E-state index contributed by atoms with van der Waals surface area (Å²) in [5, 5.41) is 0. The molecular weight excluding hydrogens is 260 g/mol. The summed E-state index contributed by atoms with van der Waals surface area (Å²) in [4.78, 5) is 0. The summed E-state index contributed by atoms with van der Waals surface area (Å²) in [7, 11) is -1.59. The lowest BCUT2D eigenvalue weighted by Gasteiger charge is -2.45. The van der Waals surface area contributed by atoms with E-state index in [-0.39, 0.29) is 7.03 Å². The van der Waals surface area contributed by atoms with Crippen molar-refractivity contribution in [2.75, 3.05) is 0 Å². The van der Waals surface area contributed by atoms with Crippen LogP contribution in [0.5, 0.6) is 0 Å². The predicted octanol–water partition coefficient (Wildman–Crippen LogP) is 5.06. The van der Waals surface area contributed by atoms with Crippen LogP contribution in [0.15, 0.2) is 60.7 Å². The van der Waals surface area contributed by atoms with E-state index in [0.717, 1.165) is 6.42 Å². The van der Waals surface area contributed by atoms with E-state index in [2.05, 4.69) is 73.8 Å². The second-order valence-corrected chi connectivity index (χ2v) is 10.5. The molecule has 0 aliphatic carbocycles. The summed E-state index contributed by atoms with van der Waals surface area (Å²) in [6, 6.07) is 22.7. The summed E-state index contributed by atoms with van der Waals surface area (Å²) in [5.41, 5.74) is 2.36. The second-order valence-electron chi connectivity index (χ2n) is 6.27. The van der Waals surface area contributed by atoms with Gasteiger partial charge in [-0.2, -0.15) is 0 Å². The molecule has 0 spiro atoms. The quantitative estimate of drug-likeness (QED) is 0.700. The van der Waals surface area contributed by atoms with E-state index in [1.165, 1.54) is 23.6 Å². The first kappa shape index (κ1) is 13.6. The zero-order chi connectivity index (χ0) is 14.1. The molecule has 1 nitrogen and oxygen atoms in total. The Balaban J connectivity index is 0.00000161. The van der Waals surface area contributed by atoms with Gasteiger partial charge in [0.1, 0.15) is 5.60 Å². The molecule has 3 rings (SSSR count). The third-order valence-corrected chi connectivity index (χ3v) is 6.70. The first-order valence-electron chi connectivity index (χ1n) is 7.44. The highest BCUT2D eigenvalue weighted by Gasteiger charge is 2.44. The highest BCUT2D eigenvalue weighted by molar-refractivity contribution is 6.71. The molecule has 0 radical (unpaired) electrons. The van der Waals surface area contributed by atoms with Gasteiger partial charge in [-0.05, 0) is 36.7 Å². The largest absolute Gasteiger partial charge is 1.00 e. The minimum Gasteiger partial charge on any atom is -0.404 e. The van der Waals surface area contributed by atoms with Crippen LogP contribution >= 0.6 is 0 Å². The summed E-state index contributed by atoms with van der Waals surface area (Å²) >= 11 is 0. The molecule has 104 valence electrons.